The van der Waals surface area contributed by atoms with Crippen molar-refractivity contribution < 1.29 is 23.0 Å². The number of cyclic esters (lactones) is 1. The average Bonchev–Trinajstić information content (AvgIpc) is 2.49. The van der Waals surface area contributed by atoms with E-state index in [-0.39, 0.29) is 18.0 Å². The van der Waals surface area contributed by atoms with Crippen LogP contribution in [-0.4, -0.2) is 25.7 Å². The first kappa shape index (κ1) is 16.3. The van der Waals surface area contributed by atoms with E-state index in [2.05, 4.69) is 10.1 Å². The number of hydrogen-bond acceptors (Lipinski definition) is 3. The number of carbonyl (C=O) groups excluding carboxylic acids is 1. The van der Waals surface area contributed by atoms with Crippen LogP contribution in [0.3, 0.4) is 0 Å². The fourth-order valence-corrected chi connectivity index (χ4v) is 2.54. The van der Waals surface area contributed by atoms with Gasteiger partial charge in [-0.3, -0.25) is 0 Å². The third kappa shape index (κ3) is 2.66. The predicted molar refractivity (Wildman–Crippen MR) is 79.9 cm³/mol. The van der Waals surface area contributed by atoms with E-state index in [1.54, 1.807) is 24.3 Å². The predicted octanol–water partition coefficient (Wildman–Crippen LogP) is 3.69. The van der Waals surface area contributed by atoms with E-state index < -0.39 is 24.7 Å². The second-order valence-electron chi connectivity index (χ2n) is 4.82. The van der Waals surface area contributed by atoms with Crippen LogP contribution < -0.4 is 10.1 Å². The summed E-state index contributed by atoms with van der Waals surface area (Å²) in [6, 6.07) is 9.04. The highest BCUT2D eigenvalue weighted by molar-refractivity contribution is 5.89. The van der Waals surface area contributed by atoms with Crippen molar-refractivity contribution >= 4 is 29.3 Å². The Kier molecular flexibility index (Phi) is 4.42. The quantitative estimate of drug-likeness (QED) is 0.914. The summed E-state index contributed by atoms with van der Waals surface area (Å²) in [5.74, 6) is -2.91. The van der Waals surface area contributed by atoms with Crippen LogP contribution in [0.25, 0.3) is 10.8 Å². The Morgan fingerprint density at radius 1 is 1.27 bits per heavy atom. The number of carbonyl (C=O) groups is 1. The molecule has 2 aromatic carbocycles. The van der Waals surface area contributed by atoms with Gasteiger partial charge in [-0.15, -0.1) is 12.4 Å². The van der Waals surface area contributed by atoms with E-state index in [0.29, 0.717) is 11.1 Å². The van der Waals surface area contributed by atoms with Gasteiger partial charge in [0, 0.05) is 5.56 Å². The molecular formula is C15H14ClF2NO3. The second-order valence-corrected chi connectivity index (χ2v) is 4.82. The number of methoxy groups -OCH3 is 1. The van der Waals surface area contributed by atoms with Crippen LogP contribution in [0.5, 0.6) is 5.75 Å². The molecule has 0 saturated carbocycles. The smallest absolute Gasteiger partial charge is 0.408 e. The van der Waals surface area contributed by atoms with Crippen LogP contribution in [0, 0.1) is 0 Å². The number of fused-ring (bicyclic) bond motifs is 1. The Hall–Kier alpha value is -2.08. The molecule has 1 fully saturated rings. The molecule has 0 radical (unpaired) electrons. The molecule has 7 heteroatoms. The van der Waals surface area contributed by atoms with Gasteiger partial charge in [0.05, 0.1) is 7.11 Å². The molecule has 1 saturated heterocycles. The number of alkyl carbamates (subject to hydrolysis) is 1. The summed E-state index contributed by atoms with van der Waals surface area (Å²) in [6.07, 6.45) is -0.860. The van der Waals surface area contributed by atoms with Crippen molar-refractivity contribution in [3.63, 3.8) is 0 Å². The summed E-state index contributed by atoms with van der Waals surface area (Å²) < 4.78 is 38.0. The topological polar surface area (TPSA) is 47.6 Å². The maximum absolute atomic E-state index is 14.2. The molecule has 0 aromatic heterocycles. The van der Waals surface area contributed by atoms with Gasteiger partial charge >= 0.3 is 12.0 Å². The molecule has 0 aliphatic carbocycles. The van der Waals surface area contributed by atoms with Crippen LogP contribution in [0.4, 0.5) is 13.6 Å². The Morgan fingerprint density at radius 3 is 2.73 bits per heavy atom. The number of ether oxygens (including phenoxy) is 2. The molecule has 0 unspecified atom stereocenters. The van der Waals surface area contributed by atoms with E-state index in [1.807, 2.05) is 12.1 Å². The second kappa shape index (κ2) is 5.96. The highest BCUT2D eigenvalue weighted by atomic mass is 35.5. The Labute approximate surface area is 131 Å². The van der Waals surface area contributed by atoms with Crippen LogP contribution in [0.15, 0.2) is 36.4 Å². The van der Waals surface area contributed by atoms with Gasteiger partial charge in [-0.25, -0.2) is 13.6 Å². The zero-order valence-corrected chi connectivity index (χ0v) is 12.5. The molecule has 4 nitrogen and oxygen atoms in total. The number of nitrogens with one attached hydrogen (secondary N) is 1. The maximum atomic E-state index is 14.2. The van der Waals surface area contributed by atoms with Gasteiger partial charge in [0.25, 0.3) is 0 Å². The molecule has 3 rings (SSSR count). The van der Waals surface area contributed by atoms with E-state index in [0.717, 1.165) is 5.39 Å². The van der Waals surface area contributed by atoms with Crippen LogP contribution >= 0.6 is 12.4 Å². The van der Waals surface area contributed by atoms with Crippen molar-refractivity contribution in [2.24, 2.45) is 0 Å². The molecule has 118 valence electrons. The number of hydrogen-bond donors (Lipinski definition) is 1. The minimum Gasteiger partial charge on any atom is -0.496 e. The minimum absolute atomic E-state index is 0. The summed E-state index contributed by atoms with van der Waals surface area (Å²) in [5, 5.41) is 3.61. The number of alkyl halides is 2. The monoisotopic (exact) mass is 329 g/mol. The van der Waals surface area contributed by atoms with Gasteiger partial charge in [0.15, 0.2) is 6.61 Å². The summed E-state index contributed by atoms with van der Waals surface area (Å²) in [7, 11) is 1.41. The first-order chi connectivity index (χ1) is 10.0. The summed E-state index contributed by atoms with van der Waals surface area (Å²) in [6.45, 7) is -0.949. The molecular weight excluding hydrogens is 316 g/mol. The minimum atomic E-state index is -3.22. The van der Waals surface area contributed by atoms with Crippen molar-refractivity contribution in [2.75, 3.05) is 13.7 Å². The molecule has 1 heterocycles. The van der Waals surface area contributed by atoms with E-state index in [9.17, 15) is 13.6 Å². The van der Waals surface area contributed by atoms with Crippen molar-refractivity contribution in [2.45, 2.75) is 12.0 Å². The zero-order chi connectivity index (χ0) is 15.0. The third-order valence-corrected chi connectivity index (χ3v) is 3.52. The number of rotatable bonds is 2. The normalized spacial score (nSPS) is 19.8. The standard InChI is InChI=1S/C15H13F2NO3.ClH/c1-20-11-7-6-9-4-2-3-5-10(9)12(11)13-15(16,17)8-21-14(19)18-13;/h2-7,13H,8H2,1H3,(H,18,19);1H/t13-;/m0./s1. The number of amides is 1. The Morgan fingerprint density at radius 2 is 2.00 bits per heavy atom. The van der Waals surface area contributed by atoms with E-state index >= 15 is 0 Å². The lowest BCUT2D eigenvalue weighted by atomic mass is 9.93. The maximum Gasteiger partial charge on any atom is 0.408 e. The average molecular weight is 330 g/mol. The first-order valence-electron chi connectivity index (χ1n) is 6.39. The molecule has 1 aliphatic rings. The summed E-state index contributed by atoms with van der Waals surface area (Å²) in [4.78, 5) is 11.4. The molecule has 1 amide bonds. The lowest BCUT2D eigenvalue weighted by Gasteiger charge is -2.33. The van der Waals surface area contributed by atoms with Gasteiger partial charge in [0.2, 0.25) is 0 Å². The lowest BCUT2D eigenvalue weighted by Crippen LogP contribution is -2.49. The van der Waals surface area contributed by atoms with Gasteiger partial charge in [-0.2, -0.15) is 0 Å². The molecule has 1 N–H and O–H groups in total. The van der Waals surface area contributed by atoms with Gasteiger partial charge in [-0.05, 0) is 16.8 Å². The van der Waals surface area contributed by atoms with Crippen molar-refractivity contribution in [1.82, 2.24) is 5.32 Å². The third-order valence-electron chi connectivity index (χ3n) is 3.52. The molecule has 1 aliphatic heterocycles. The highest BCUT2D eigenvalue weighted by Gasteiger charge is 2.48. The van der Waals surface area contributed by atoms with E-state index in [4.69, 9.17) is 4.74 Å². The molecule has 0 spiro atoms. The summed E-state index contributed by atoms with van der Waals surface area (Å²) in [5.41, 5.74) is 0.261. The highest BCUT2D eigenvalue weighted by Crippen LogP contribution is 2.42. The SMILES string of the molecule is COc1ccc2ccccc2c1[C@@H]1NC(=O)OCC1(F)F.Cl. The number of benzene rings is 2. The number of halogens is 3. The Balaban J connectivity index is 0.00000176. The van der Waals surface area contributed by atoms with Gasteiger partial charge < -0.3 is 14.8 Å². The van der Waals surface area contributed by atoms with Gasteiger partial charge in [0.1, 0.15) is 11.8 Å². The van der Waals surface area contributed by atoms with Gasteiger partial charge in [-0.1, -0.05) is 30.3 Å². The molecule has 0 bridgehead atoms. The lowest BCUT2D eigenvalue weighted by molar-refractivity contribution is -0.104. The van der Waals surface area contributed by atoms with Crippen LogP contribution in [0.1, 0.15) is 11.6 Å². The fourth-order valence-electron chi connectivity index (χ4n) is 2.54. The first-order valence-corrected chi connectivity index (χ1v) is 6.39. The molecule has 1 atom stereocenters. The molecule has 22 heavy (non-hydrogen) atoms. The summed E-state index contributed by atoms with van der Waals surface area (Å²) >= 11 is 0. The molecule has 2 aromatic rings. The fraction of sp³-hybridized carbons (Fsp3) is 0.267. The van der Waals surface area contributed by atoms with Crippen molar-refractivity contribution in [3.8, 4) is 5.75 Å². The van der Waals surface area contributed by atoms with Crippen LogP contribution in [-0.2, 0) is 4.74 Å². The zero-order valence-electron chi connectivity index (χ0n) is 11.6. The van der Waals surface area contributed by atoms with Crippen molar-refractivity contribution in [3.05, 3.63) is 42.0 Å². The Bertz CT molecular complexity index is 708. The largest absolute Gasteiger partial charge is 0.496 e. The van der Waals surface area contributed by atoms with E-state index in [1.165, 1.54) is 7.11 Å². The van der Waals surface area contributed by atoms with Crippen molar-refractivity contribution in [1.29, 1.82) is 0 Å². The van der Waals surface area contributed by atoms with Crippen LogP contribution in [0.2, 0.25) is 0 Å².